The van der Waals surface area contributed by atoms with Crippen molar-refractivity contribution in [3.8, 4) is 0 Å². The lowest BCUT2D eigenvalue weighted by Crippen LogP contribution is -1.68. The van der Waals surface area contributed by atoms with Gasteiger partial charge in [-0.25, -0.2) is 0 Å². The molecule has 1 aromatic carbocycles. The van der Waals surface area contributed by atoms with Crippen LogP contribution in [0.3, 0.4) is 0 Å². The molecule has 0 amide bonds. The summed E-state index contributed by atoms with van der Waals surface area (Å²) in [6.45, 7) is 0. The predicted molar refractivity (Wildman–Crippen MR) is 64.7 cm³/mol. The number of hydrogen-bond donors (Lipinski definition) is 0. The summed E-state index contributed by atoms with van der Waals surface area (Å²) >= 11 is 5.74. The van der Waals surface area contributed by atoms with E-state index >= 15 is 0 Å². The second kappa shape index (κ2) is 7.89. The van der Waals surface area contributed by atoms with Gasteiger partial charge in [0.15, 0.2) is 0 Å². The monoisotopic (exact) mass is 242 g/mol. The lowest BCUT2D eigenvalue weighted by molar-refractivity contribution is 1.66. The van der Waals surface area contributed by atoms with E-state index in [1.807, 2.05) is 36.2 Å². The van der Waals surface area contributed by atoms with Crippen LogP contribution in [0.25, 0.3) is 6.08 Å². The zero-order valence-electron chi connectivity index (χ0n) is 6.24. The van der Waals surface area contributed by atoms with Crippen LogP contribution in [0.1, 0.15) is 5.56 Å². The fourth-order valence-electron chi connectivity index (χ4n) is 0.721. The van der Waals surface area contributed by atoms with Gasteiger partial charge in [0.1, 0.15) is 0 Å². The van der Waals surface area contributed by atoms with E-state index in [4.69, 9.17) is 11.6 Å². The first-order chi connectivity index (χ1) is 4.83. The molecule has 12 heavy (non-hydrogen) atoms. The van der Waals surface area contributed by atoms with E-state index < -0.39 is 0 Å². The van der Waals surface area contributed by atoms with E-state index in [0.717, 1.165) is 10.6 Å². The van der Waals surface area contributed by atoms with Crippen LogP contribution in [-0.4, -0.2) is 0 Å². The summed E-state index contributed by atoms with van der Waals surface area (Å²) in [5.41, 5.74) is 1.13. The molecule has 0 radical (unpaired) electrons. The lowest BCUT2D eigenvalue weighted by atomic mass is 10.2. The molecule has 1 atom stereocenters. The fraction of sp³-hybridized carbons (Fsp3) is 0. The highest BCUT2D eigenvalue weighted by Gasteiger charge is 1.86. The minimum Gasteiger partial charge on any atom is -0.147 e. The third-order valence-corrected chi connectivity index (χ3v) is 1.56. The van der Waals surface area contributed by atoms with Crippen LogP contribution in [0, 0.1) is 0 Å². The third kappa shape index (κ3) is 5.00. The molecule has 0 saturated carbocycles. The zero-order valence-corrected chi connectivity index (χ0v) is 9.78. The summed E-state index contributed by atoms with van der Waals surface area (Å²) in [6, 6.07) is 7.72. The molecule has 0 saturated heterocycles. The molecule has 0 aliphatic carbocycles. The highest BCUT2D eigenvalue weighted by atomic mass is 35.5. The molecular weight excluding hydrogens is 233 g/mol. The first-order valence-corrected chi connectivity index (χ1v) is 4.01. The van der Waals surface area contributed by atoms with E-state index in [2.05, 4.69) is 9.24 Å². The number of rotatable bonds is 1. The second-order valence-electron chi connectivity index (χ2n) is 1.91. The molecule has 4 heteroatoms. The number of halogens is 3. The maximum atomic E-state index is 5.74. The van der Waals surface area contributed by atoms with Crippen LogP contribution in [0.4, 0.5) is 0 Å². The van der Waals surface area contributed by atoms with Gasteiger partial charge in [-0.3, -0.25) is 0 Å². The van der Waals surface area contributed by atoms with Crippen LogP contribution >= 0.6 is 45.7 Å². The zero-order chi connectivity index (χ0) is 7.40. The van der Waals surface area contributed by atoms with Crippen molar-refractivity contribution >= 4 is 51.7 Å². The summed E-state index contributed by atoms with van der Waals surface area (Å²) < 4.78 is 0. The first-order valence-electron chi connectivity index (χ1n) is 2.97. The van der Waals surface area contributed by atoms with Crippen LogP contribution in [0.15, 0.2) is 30.1 Å². The quantitative estimate of drug-likeness (QED) is 0.653. The average molecular weight is 244 g/mol. The smallest absolute Gasteiger partial charge is 0.0411 e. The molecular formula is C8H10Cl3P. The van der Waals surface area contributed by atoms with Gasteiger partial charge in [0.2, 0.25) is 0 Å². The van der Waals surface area contributed by atoms with Gasteiger partial charge in [0.25, 0.3) is 0 Å². The Morgan fingerprint density at radius 3 is 2.42 bits per heavy atom. The van der Waals surface area contributed by atoms with Gasteiger partial charge in [-0.1, -0.05) is 35.6 Å². The normalized spacial score (nSPS) is 8.83. The van der Waals surface area contributed by atoms with Crippen LogP contribution in [0.5, 0.6) is 0 Å². The molecule has 0 N–H and O–H groups in total. The van der Waals surface area contributed by atoms with E-state index in [1.54, 1.807) is 0 Å². The molecule has 1 aromatic rings. The van der Waals surface area contributed by atoms with E-state index in [-0.39, 0.29) is 24.8 Å². The van der Waals surface area contributed by atoms with Crippen molar-refractivity contribution in [2.75, 3.05) is 0 Å². The average Bonchev–Trinajstić information content (AvgIpc) is 1.88. The van der Waals surface area contributed by atoms with Crippen molar-refractivity contribution < 1.29 is 0 Å². The third-order valence-electron chi connectivity index (χ3n) is 1.14. The molecule has 0 aliphatic rings. The topological polar surface area (TPSA) is 0 Å². The van der Waals surface area contributed by atoms with Crippen molar-refractivity contribution in [1.82, 2.24) is 0 Å². The Labute approximate surface area is 92.4 Å². The van der Waals surface area contributed by atoms with Gasteiger partial charge in [-0.2, -0.15) is 0 Å². The van der Waals surface area contributed by atoms with Crippen molar-refractivity contribution in [2.45, 2.75) is 0 Å². The largest absolute Gasteiger partial charge is 0.147 e. The van der Waals surface area contributed by atoms with E-state index in [1.165, 1.54) is 0 Å². The molecule has 0 bridgehead atoms. The molecule has 0 heterocycles. The fourth-order valence-corrected chi connectivity index (χ4v) is 1.14. The maximum absolute atomic E-state index is 5.74. The van der Waals surface area contributed by atoms with Gasteiger partial charge >= 0.3 is 0 Å². The molecule has 0 aliphatic heterocycles. The van der Waals surface area contributed by atoms with Crippen molar-refractivity contribution in [2.24, 2.45) is 0 Å². The summed E-state index contributed by atoms with van der Waals surface area (Å²) in [7, 11) is 2.52. The van der Waals surface area contributed by atoms with Gasteiger partial charge in [0, 0.05) is 5.02 Å². The Kier molecular flexibility index (Phi) is 9.70. The Morgan fingerprint density at radius 1 is 1.25 bits per heavy atom. The van der Waals surface area contributed by atoms with Crippen molar-refractivity contribution in [3.05, 3.63) is 40.7 Å². The second-order valence-corrected chi connectivity index (χ2v) is 2.74. The van der Waals surface area contributed by atoms with Gasteiger partial charge in [-0.05, 0) is 17.7 Å². The molecule has 68 valence electrons. The molecule has 1 rings (SSSR count). The standard InChI is InChI=1S/C8H8ClP.2ClH/c9-8-3-1-2-7(6-8)4-5-10;;/h1-6H,10H2;2*1H. The van der Waals surface area contributed by atoms with Gasteiger partial charge in [0.05, 0.1) is 0 Å². The van der Waals surface area contributed by atoms with E-state index in [9.17, 15) is 0 Å². The summed E-state index contributed by atoms with van der Waals surface area (Å²) in [6.07, 6.45) is 1.98. The van der Waals surface area contributed by atoms with Crippen LogP contribution in [-0.2, 0) is 0 Å². The summed E-state index contributed by atoms with van der Waals surface area (Å²) in [5, 5.41) is 0.778. The molecule has 0 spiro atoms. The Balaban J connectivity index is 0. The Morgan fingerprint density at radius 2 is 1.92 bits per heavy atom. The Bertz CT molecular complexity index is 248. The highest BCUT2D eigenvalue weighted by Crippen LogP contribution is 2.12. The van der Waals surface area contributed by atoms with Crippen molar-refractivity contribution in [1.29, 1.82) is 0 Å². The minimum absolute atomic E-state index is 0. The van der Waals surface area contributed by atoms with Crippen LogP contribution < -0.4 is 0 Å². The molecule has 0 aromatic heterocycles. The first kappa shape index (κ1) is 14.8. The highest BCUT2D eigenvalue weighted by molar-refractivity contribution is 7.21. The molecule has 0 nitrogen and oxygen atoms in total. The van der Waals surface area contributed by atoms with Crippen molar-refractivity contribution in [3.63, 3.8) is 0 Å². The Hall–Kier alpha value is 0.260. The van der Waals surface area contributed by atoms with Crippen LogP contribution in [0.2, 0.25) is 5.02 Å². The predicted octanol–water partition coefficient (Wildman–Crippen LogP) is 4.03. The molecule has 0 fully saturated rings. The van der Waals surface area contributed by atoms with Gasteiger partial charge in [-0.15, -0.1) is 34.1 Å². The molecule has 1 unspecified atom stereocenters. The van der Waals surface area contributed by atoms with Gasteiger partial charge < -0.3 is 0 Å². The maximum Gasteiger partial charge on any atom is 0.0411 e. The SMILES string of the molecule is Cl.Cl.PC=Cc1cccc(Cl)c1. The number of hydrogen-bond acceptors (Lipinski definition) is 0. The lowest BCUT2D eigenvalue weighted by Gasteiger charge is -1.91. The summed E-state index contributed by atoms with van der Waals surface area (Å²) in [5.74, 6) is 1.91. The minimum atomic E-state index is 0. The summed E-state index contributed by atoms with van der Waals surface area (Å²) in [4.78, 5) is 0. The number of benzene rings is 1. The van der Waals surface area contributed by atoms with E-state index in [0.29, 0.717) is 0 Å².